The van der Waals surface area contributed by atoms with Gasteiger partial charge in [0, 0.05) is 5.02 Å². The fourth-order valence-electron chi connectivity index (χ4n) is 2.77. The Morgan fingerprint density at radius 1 is 0.923 bits per heavy atom. The van der Waals surface area contributed by atoms with Crippen LogP contribution in [0.4, 0.5) is 0 Å². The van der Waals surface area contributed by atoms with E-state index in [4.69, 9.17) is 11.6 Å². The lowest BCUT2D eigenvalue weighted by Crippen LogP contribution is -2.30. The molecule has 0 heterocycles. The molecule has 1 unspecified atom stereocenters. The van der Waals surface area contributed by atoms with Gasteiger partial charge in [-0.25, -0.2) is 13.1 Å². The van der Waals surface area contributed by atoms with E-state index in [0.29, 0.717) is 11.4 Å². The smallest absolute Gasteiger partial charge is 0.207 e. The Morgan fingerprint density at radius 3 is 2.27 bits per heavy atom. The molecule has 0 radical (unpaired) electrons. The van der Waals surface area contributed by atoms with Crippen LogP contribution < -0.4 is 4.72 Å². The predicted octanol–water partition coefficient (Wildman–Crippen LogP) is 4.91. The van der Waals surface area contributed by atoms with Crippen LogP contribution in [0, 0.1) is 6.92 Å². The Morgan fingerprint density at radius 2 is 1.62 bits per heavy atom. The van der Waals surface area contributed by atoms with E-state index < -0.39 is 16.1 Å². The van der Waals surface area contributed by atoms with Crippen molar-refractivity contribution < 1.29 is 8.42 Å². The summed E-state index contributed by atoms with van der Waals surface area (Å²) in [5, 5.41) is 0.579. The lowest BCUT2D eigenvalue weighted by atomic mass is 10.00. The number of sulfonamides is 1. The molecule has 0 aliphatic rings. The van der Waals surface area contributed by atoms with Gasteiger partial charge in [0.15, 0.2) is 0 Å². The third kappa shape index (κ3) is 4.73. The SMILES string of the molecule is Cc1ccc(S(=O)(=O)NC(Cc2ccccc2)c2cccc(Cl)c2)cc1. The van der Waals surface area contributed by atoms with Crippen LogP contribution in [0.1, 0.15) is 22.7 Å². The van der Waals surface area contributed by atoms with Crippen LogP contribution >= 0.6 is 11.6 Å². The second-order valence-electron chi connectivity index (χ2n) is 6.23. The number of nitrogens with one attached hydrogen (secondary N) is 1. The molecule has 134 valence electrons. The molecule has 0 aliphatic heterocycles. The van der Waals surface area contributed by atoms with E-state index in [2.05, 4.69) is 4.72 Å². The first-order chi connectivity index (χ1) is 12.4. The zero-order chi connectivity index (χ0) is 18.6. The molecule has 0 fully saturated rings. The summed E-state index contributed by atoms with van der Waals surface area (Å²) in [5.41, 5.74) is 2.89. The van der Waals surface area contributed by atoms with Gasteiger partial charge in [-0.05, 0) is 48.7 Å². The third-order valence-corrected chi connectivity index (χ3v) is 5.89. The van der Waals surface area contributed by atoms with E-state index in [1.807, 2.05) is 49.4 Å². The van der Waals surface area contributed by atoms with Gasteiger partial charge in [0.05, 0.1) is 10.9 Å². The first kappa shape index (κ1) is 18.6. The number of benzene rings is 3. The van der Waals surface area contributed by atoms with Gasteiger partial charge >= 0.3 is 0 Å². The van der Waals surface area contributed by atoms with Gasteiger partial charge in [-0.15, -0.1) is 0 Å². The van der Waals surface area contributed by atoms with E-state index in [-0.39, 0.29) is 4.90 Å². The fourth-order valence-corrected chi connectivity index (χ4v) is 4.20. The van der Waals surface area contributed by atoms with E-state index in [1.54, 1.807) is 36.4 Å². The molecule has 0 saturated heterocycles. The summed E-state index contributed by atoms with van der Waals surface area (Å²) in [4.78, 5) is 0.253. The maximum Gasteiger partial charge on any atom is 0.241 e. The second-order valence-corrected chi connectivity index (χ2v) is 8.38. The molecule has 3 aromatic rings. The standard InChI is InChI=1S/C21H20ClNO2S/c1-16-10-12-20(13-11-16)26(24,25)23-21(14-17-6-3-2-4-7-17)18-8-5-9-19(22)15-18/h2-13,15,21,23H,14H2,1H3. The molecule has 5 heteroatoms. The highest BCUT2D eigenvalue weighted by Crippen LogP contribution is 2.24. The van der Waals surface area contributed by atoms with Gasteiger partial charge in [-0.2, -0.15) is 0 Å². The Balaban J connectivity index is 1.93. The first-order valence-corrected chi connectivity index (χ1v) is 10.2. The van der Waals surface area contributed by atoms with Crippen LogP contribution in [-0.2, 0) is 16.4 Å². The van der Waals surface area contributed by atoms with Crippen molar-refractivity contribution in [2.24, 2.45) is 0 Å². The Hall–Kier alpha value is -2.14. The zero-order valence-electron chi connectivity index (χ0n) is 14.4. The van der Waals surface area contributed by atoms with Crippen molar-refractivity contribution in [2.75, 3.05) is 0 Å². The number of aryl methyl sites for hydroxylation is 1. The highest BCUT2D eigenvalue weighted by atomic mass is 35.5. The molecule has 0 amide bonds. The van der Waals surface area contributed by atoms with E-state index in [0.717, 1.165) is 16.7 Å². The lowest BCUT2D eigenvalue weighted by Gasteiger charge is -2.20. The summed E-state index contributed by atoms with van der Waals surface area (Å²) in [5.74, 6) is 0. The van der Waals surface area contributed by atoms with Crippen LogP contribution in [0.2, 0.25) is 5.02 Å². The lowest BCUT2D eigenvalue weighted by molar-refractivity contribution is 0.555. The van der Waals surface area contributed by atoms with Crippen LogP contribution in [0.5, 0.6) is 0 Å². The van der Waals surface area contributed by atoms with Gasteiger partial charge in [-0.3, -0.25) is 0 Å². The molecule has 0 spiro atoms. The van der Waals surface area contributed by atoms with Crippen molar-refractivity contribution in [1.29, 1.82) is 0 Å². The summed E-state index contributed by atoms with van der Waals surface area (Å²) in [6.45, 7) is 1.92. The maximum absolute atomic E-state index is 12.9. The number of rotatable bonds is 6. The van der Waals surface area contributed by atoms with Gasteiger partial charge in [0.1, 0.15) is 0 Å². The van der Waals surface area contributed by atoms with Gasteiger partial charge in [-0.1, -0.05) is 71.8 Å². The fraction of sp³-hybridized carbons (Fsp3) is 0.143. The molecular formula is C21H20ClNO2S. The third-order valence-electron chi connectivity index (χ3n) is 4.16. The molecule has 0 bridgehead atoms. The molecule has 3 nitrogen and oxygen atoms in total. The number of hydrogen-bond acceptors (Lipinski definition) is 2. The average Bonchev–Trinajstić information content (AvgIpc) is 2.62. The monoisotopic (exact) mass is 385 g/mol. The molecule has 3 aromatic carbocycles. The first-order valence-electron chi connectivity index (χ1n) is 8.32. The van der Waals surface area contributed by atoms with Crippen LogP contribution in [-0.4, -0.2) is 8.42 Å². The van der Waals surface area contributed by atoms with Crippen molar-refractivity contribution in [2.45, 2.75) is 24.3 Å². The van der Waals surface area contributed by atoms with Gasteiger partial charge < -0.3 is 0 Å². The minimum Gasteiger partial charge on any atom is -0.207 e. The van der Waals surface area contributed by atoms with E-state index in [1.165, 1.54) is 0 Å². The van der Waals surface area contributed by atoms with Crippen molar-refractivity contribution >= 4 is 21.6 Å². The molecular weight excluding hydrogens is 366 g/mol. The minimum absolute atomic E-state index is 0.253. The average molecular weight is 386 g/mol. The highest BCUT2D eigenvalue weighted by molar-refractivity contribution is 7.89. The molecule has 3 rings (SSSR count). The Kier molecular flexibility index (Phi) is 5.77. The summed E-state index contributed by atoms with van der Waals surface area (Å²) < 4.78 is 28.6. The van der Waals surface area contributed by atoms with Crippen LogP contribution in [0.25, 0.3) is 0 Å². The van der Waals surface area contributed by atoms with E-state index >= 15 is 0 Å². The molecule has 1 N–H and O–H groups in total. The molecule has 1 atom stereocenters. The van der Waals surface area contributed by atoms with Gasteiger partial charge in [0.25, 0.3) is 0 Å². The quantitative estimate of drug-likeness (QED) is 0.655. The molecule has 26 heavy (non-hydrogen) atoms. The van der Waals surface area contributed by atoms with Crippen LogP contribution in [0.3, 0.4) is 0 Å². The Bertz CT molecular complexity index is 970. The van der Waals surface area contributed by atoms with Crippen molar-refractivity contribution in [3.05, 3.63) is 101 Å². The number of hydrogen-bond donors (Lipinski definition) is 1. The normalized spacial score (nSPS) is 12.7. The highest BCUT2D eigenvalue weighted by Gasteiger charge is 2.22. The van der Waals surface area contributed by atoms with Gasteiger partial charge in [0.2, 0.25) is 10.0 Å². The van der Waals surface area contributed by atoms with Crippen molar-refractivity contribution in [1.82, 2.24) is 4.72 Å². The van der Waals surface area contributed by atoms with Crippen molar-refractivity contribution in [3.63, 3.8) is 0 Å². The second kappa shape index (κ2) is 8.04. The topological polar surface area (TPSA) is 46.2 Å². The van der Waals surface area contributed by atoms with E-state index in [9.17, 15) is 8.42 Å². The Labute approximate surface area is 159 Å². The maximum atomic E-state index is 12.9. The van der Waals surface area contributed by atoms with Crippen molar-refractivity contribution in [3.8, 4) is 0 Å². The minimum atomic E-state index is -3.65. The predicted molar refractivity (Wildman–Crippen MR) is 106 cm³/mol. The number of halogens is 1. The van der Waals surface area contributed by atoms with Crippen LogP contribution in [0.15, 0.2) is 83.8 Å². The molecule has 0 saturated carbocycles. The zero-order valence-corrected chi connectivity index (χ0v) is 16.0. The largest absolute Gasteiger partial charge is 0.241 e. The molecule has 0 aromatic heterocycles. The summed E-state index contributed by atoms with van der Waals surface area (Å²) in [6.07, 6.45) is 0.534. The summed E-state index contributed by atoms with van der Waals surface area (Å²) in [7, 11) is -3.65. The molecule has 0 aliphatic carbocycles. The summed E-state index contributed by atoms with van der Waals surface area (Å²) in [6, 6.07) is 23.5. The summed E-state index contributed by atoms with van der Waals surface area (Å²) >= 11 is 6.12.